The van der Waals surface area contributed by atoms with Crippen LogP contribution in [0.15, 0.2) is 0 Å². The largest absolute Gasteiger partial charge is 0.465 e. The van der Waals surface area contributed by atoms with Gasteiger partial charge in [0.1, 0.15) is 0 Å². The lowest BCUT2D eigenvalue weighted by atomic mass is 9.99. The summed E-state index contributed by atoms with van der Waals surface area (Å²) in [6.45, 7) is 4.75. The zero-order valence-corrected chi connectivity index (χ0v) is 8.34. The Morgan fingerprint density at radius 2 is 2.15 bits per heavy atom. The molecule has 0 aliphatic carbocycles. The number of piperidine rings is 1. The van der Waals surface area contributed by atoms with Crippen molar-refractivity contribution in [3.63, 3.8) is 0 Å². The summed E-state index contributed by atoms with van der Waals surface area (Å²) < 4.78 is 5.16. The Hall–Kier alpha value is -0.570. The lowest BCUT2D eigenvalue weighted by molar-refractivity contribution is -0.145. The van der Waals surface area contributed by atoms with Crippen molar-refractivity contribution in [2.75, 3.05) is 19.7 Å². The van der Waals surface area contributed by atoms with E-state index in [1.54, 1.807) is 0 Å². The maximum atomic E-state index is 11.0. The van der Waals surface area contributed by atoms with Crippen molar-refractivity contribution >= 4 is 5.97 Å². The number of nitrogens with one attached hydrogen (secondary N) is 1. The van der Waals surface area contributed by atoms with Crippen LogP contribution >= 0.6 is 0 Å². The fourth-order valence-electron chi connectivity index (χ4n) is 1.54. The molecule has 1 rings (SSSR count). The lowest BCUT2D eigenvalue weighted by Gasteiger charge is -2.21. The zero-order chi connectivity index (χ0) is 9.52. The maximum absolute atomic E-state index is 11.0. The summed E-state index contributed by atoms with van der Waals surface area (Å²) in [6, 6.07) is 0. The van der Waals surface area contributed by atoms with Gasteiger partial charge in [0.25, 0.3) is 0 Å². The first-order valence-corrected chi connectivity index (χ1v) is 5.19. The van der Waals surface area contributed by atoms with Gasteiger partial charge in [-0.2, -0.15) is 0 Å². The SMILES string of the molecule is CCCC(=O)OCC1CCNCC1. The molecule has 13 heavy (non-hydrogen) atoms. The molecule has 0 unspecified atom stereocenters. The molecule has 0 aromatic heterocycles. The number of rotatable bonds is 4. The third-order valence-corrected chi connectivity index (χ3v) is 2.39. The zero-order valence-electron chi connectivity index (χ0n) is 8.34. The monoisotopic (exact) mass is 185 g/mol. The number of carbonyl (C=O) groups excluding carboxylic acids is 1. The molecule has 3 nitrogen and oxygen atoms in total. The third kappa shape index (κ3) is 4.27. The molecule has 0 aromatic carbocycles. The van der Waals surface area contributed by atoms with Crippen LogP contribution in [0.1, 0.15) is 32.6 Å². The van der Waals surface area contributed by atoms with Crippen molar-refractivity contribution in [3.05, 3.63) is 0 Å². The molecular weight excluding hydrogens is 166 g/mol. The summed E-state index contributed by atoms with van der Waals surface area (Å²) in [5.41, 5.74) is 0. The van der Waals surface area contributed by atoms with Crippen molar-refractivity contribution in [1.29, 1.82) is 0 Å². The Bertz CT molecular complexity index is 153. The van der Waals surface area contributed by atoms with Gasteiger partial charge in [-0.15, -0.1) is 0 Å². The molecule has 1 N–H and O–H groups in total. The predicted molar refractivity (Wildman–Crippen MR) is 51.5 cm³/mol. The number of carbonyl (C=O) groups is 1. The molecule has 1 fully saturated rings. The van der Waals surface area contributed by atoms with Crippen LogP contribution in [0.5, 0.6) is 0 Å². The van der Waals surface area contributed by atoms with Crippen molar-refractivity contribution < 1.29 is 9.53 Å². The van der Waals surface area contributed by atoms with Gasteiger partial charge in [0.05, 0.1) is 6.61 Å². The van der Waals surface area contributed by atoms with E-state index in [0.717, 1.165) is 32.4 Å². The average molecular weight is 185 g/mol. The van der Waals surface area contributed by atoms with Gasteiger partial charge in [0.2, 0.25) is 0 Å². The van der Waals surface area contributed by atoms with E-state index in [2.05, 4.69) is 5.32 Å². The topological polar surface area (TPSA) is 38.3 Å². The quantitative estimate of drug-likeness (QED) is 0.671. The highest BCUT2D eigenvalue weighted by Crippen LogP contribution is 2.11. The second-order valence-electron chi connectivity index (χ2n) is 3.63. The van der Waals surface area contributed by atoms with Gasteiger partial charge in [0.15, 0.2) is 0 Å². The smallest absolute Gasteiger partial charge is 0.305 e. The Morgan fingerprint density at radius 1 is 1.46 bits per heavy atom. The van der Waals surface area contributed by atoms with Gasteiger partial charge in [-0.05, 0) is 38.3 Å². The minimum atomic E-state index is -0.0407. The maximum Gasteiger partial charge on any atom is 0.305 e. The van der Waals surface area contributed by atoms with E-state index in [4.69, 9.17) is 4.74 Å². The molecule has 1 saturated heterocycles. The van der Waals surface area contributed by atoms with Crippen molar-refractivity contribution in [2.24, 2.45) is 5.92 Å². The number of esters is 1. The summed E-state index contributed by atoms with van der Waals surface area (Å²) in [5.74, 6) is 0.545. The van der Waals surface area contributed by atoms with Crippen LogP contribution in [0.25, 0.3) is 0 Å². The highest BCUT2D eigenvalue weighted by Gasteiger charge is 2.14. The lowest BCUT2D eigenvalue weighted by Crippen LogP contribution is -2.30. The van der Waals surface area contributed by atoms with Crippen LogP contribution in [-0.2, 0) is 9.53 Å². The summed E-state index contributed by atoms with van der Waals surface area (Å²) in [5, 5.41) is 3.29. The van der Waals surface area contributed by atoms with Gasteiger partial charge in [-0.3, -0.25) is 4.79 Å². The first-order chi connectivity index (χ1) is 6.33. The van der Waals surface area contributed by atoms with E-state index in [0.29, 0.717) is 18.9 Å². The molecule has 76 valence electrons. The molecule has 0 bridgehead atoms. The van der Waals surface area contributed by atoms with Gasteiger partial charge >= 0.3 is 5.97 Å². The highest BCUT2D eigenvalue weighted by atomic mass is 16.5. The Labute approximate surface area is 79.8 Å². The van der Waals surface area contributed by atoms with Crippen LogP contribution < -0.4 is 5.32 Å². The molecule has 1 aliphatic rings. The van der Waals surface area contributed by atoms with Crippen LogP contribution in [-0.4, -0.2) is 25.7 Å². The standard InChI is InChI=1S/C10H19NO2/c1-2-3-10(12)13-8-9-4-6-11-7-5-9/h9,11H,2-8H2,1H3. The van der Waals surface area contributed by atoms with Gasteiger partial charge in [-0.1, -0.05) is 6.92 Å². The number of ether oxygens (including phenoxy) is 1. The first kappa shape index (κ1) is 10.5. The van der Waals surface area contributed by atoms with Crippen molar-refractivity contribution in [1.82, 2.24) is 5.32 Å². The van der Waals surface area contributed by atoms with E-state index in [1.807, 2.05) is 6.92 Å². The first-order valence-electron chi connectivity index (χ1n) is 5.19. The van der Waals surface area contributed by atoms with E-state index >= 15 is 0 Å². The minimum Gasteiger partial charge on any atom is -0.465 e. The average Bonchev–Trinajstić information content (AvgIpc) is 2.17. The van der Waals surface area contributed by atoms with E-state index < -0.39 is 0 Å². The van der Waals surface area contributed by atoms with Crippen molar-refractivity contribution in [3.8, 4) is 0 Å². The summed E-state index contributed by atoms with van der Waals surface area (Å²) >= 11 is 0. The Morgan fingerprint density at radius 3 is 2.77 bits per heavy atom. The van der Waals surface area contributed by atoms with Crippen molar-refractivity contribution in [2.45, 2.75) is 32.6 Å². The Kier molecular flexibility index (Phi) is 4.83. The molecule has 0 spiro atoms. The summed E-state index contributed by atoms with van der Waals surface area (Å²) in [6.07, 6.45) is 3.72. The number of hydrogen-bond acceptors (Lipinski definition) is 3. The van der Waals surface area contributed by atoms with Crippen LogP contribution in [0.3, 0.4) is 0 Å². The van der Waals surface area contributed by atoms with Gasteiger partial charge in [-0.25, -0.2) is 0 Å². The van der Waals surface area contributed by atoms with E-state index in [-0.39, 0.29) is 5.97 Å². The van der Waals surface area contributed by atoms with Gasteiger partial charge in [0, 0.05) is 6.42 Å². The summed E-state index contributed by atoms with van der Waals surface area (Å²) in [4.78, 5) is 11.0. The fourth-order valence-corrected chi connectivity index (χ4v) is 1.54. The van der Waals surface area contributed by atoms with E-state index in [1.165, 1.54) is 0 Å². The van der Waals surface area contributed by atoms with Crippen LogP contribution in [0.4, 0.5) is 0 Å². The molecule has 3 heteroatoms. The normalized spacial score (nSPS) is 18.5. The molecule has 0 radical (unpaired) electrons. The molecule has 0 aromatic rings. The van der Waals surface area contributed by atoms with Crippen LogP contribution in [0.2, 0.25) is 0 Å². The molecule has 0 saturated carbocycles. The van der Waals surface area contributed by atoms with Gasteiger partial charge < -0.3 is 10.1 Å². The predicted octanol–water partition coefficient (Wildman–Crippen LogP) is 1.33. The fraction of sp³-hybridized carbons (Fsp3) is 0.900. The third-order valence-electron chi connectivity index (χ3n) is 2.39. The summed E-state index contributed by atoms with van der Waals surface area (Å²) in [7, 11) is 0. The molecular formula is C10H19NO2. The second-order valence-corrected chi connectivity index (χ2v) is 3.63. The number of hydrogen-bond donors (Lipinski definition) is 1. The van der Waals surface area contributed by atoms with Crippen LogP contribution in [0, 0.1) is 5.92 Å². The minimum absolute atomic E-state index is 0.0407. The van der Waals surface area contributed by atoms with E-state index in [9.17, 15) is 4.79 Å². The highest BCUT2D eigenvalue weighted by molar-refractivity contribution is 5.69. The molecule has 1 aliphatic heterocycles. The molecule has 0 atom stereocenters. The molecule has 1 heterocycles. The molecule has 0 amide bonds. The second kappa shape index (κ2) is 5.97. The Balaban J connectivity index is 2.06.